The van der Waals surface area contributed by atoms with Crippen LogP contribution in [0.15, 0.2) is 16.7 Å². The fraction of sp³-hybridized carbons (Fsp3) is 0.462. The lowest BCUT2D eigenvalue weighted by atomic mass is 10.1. The molecular formula is C13H16ClNO3. The van der Waals surface area contributed by atoms with Gasteiger partial charge in [0.25, 0.3) is 0 Å². The van der Waals surface area contributed by atoms with E-state index in [9.17, 15) is 0 Å². The molecule has 0 radical (unpaired) electrons. The van der Waals surface area contributed by atoms with Gasteiger partial charge in [-0.1, -0.05) is 30.6 Å². The third-order valence-electron chi connectivity index (χ3n) is 2.52. The Morgan fingerprint density at radius 2 is 2.22 bits per heavy atom. The zero-order valence-electron chi connectivity index (χ0n) is 10.4. The molecule has 0 aliphatic carbocycles. The third-order valence-corrected chi connectivity index (χ3v) is 2.82. The van der Waals surface area contributed by atoms with Crippen molar-refractivity contribution in [1.82, 2.24) is 5.16 Å². The number of halogens is 1. The lowest BCUT2D eigenvalue weighted by Gasteiger charge is -2.09. The lowest BCUT2D eigenvalue weighted by Crippen LogP contribution is -2.04. The fourth-order valence-electron chi connectivity index (χ4n) is 1.64. The van der Waals surface area contributed by atoms with Gasteiger partial charge >= 0.3 is 0 Å². The summed E-state index contributed by atoms with van der Waals surface area (Å²) < 4.78 is 10.8. The second kappa shape index (κ2) is 5.59. The minimum absolute atomic E-state index is 0.0326. The zero-order chi connectivity index (χ0) is 13.1. The van der Waals surface area contributed by atoms with E-state index in [2.05, 4.69) is 19.0 Å². The number of ether oxygens (including phenoxy) is 1. The third kappa shape index (κ3) is 2.76. The number of hydrogen-bond acceptors (Lipinski definition) is 4. The number of hydrogen-bond donors (Lipinski definition) is 1. The topological polar surface area (TPSA) is 55.5 Å². The van der Waals surface area contributed by atoms with Crippen LogP contribution < -0.4 is 4.74 Å². The molecule has 1 aromatic carbocycles. The van der Waals surface area contributed by atoms with Gasteiger partial charge in [0, 0.05) is 24.5 Å². The summed E-state index contributed by atoms with van der Waals surface area (Å²) in [4.78, 5) is 0. The van der Waals surface area contributed by atoms with Crippen molar-refractivity contribution < 1.29 is 14.4 Å². The van der Waals surface area contributed by atoms with E-state index in [1.807, 2.05) is 0 Å². The van der Waals surface area contributed by atoms with Gasteiger partial charge in [-0.15, -0.1) is 0 Å². The molecule has 0 unspecified atom stereocenters. The van der Waals surface area contributed by atoms with Gasteiger partial charge in [0.1, 0.15) is 5.75 Å². The summed E-state index contributed by atoms with van der Waals surface area (Å²) in [6, 6.07) is 3.52. The Balaban J connectivity index is 2.32. The van der Waals surface area contributed by atoms with Crippen LogP contribution in [0.1, 0.15) is 19.5 Å². The molecule has 0 spiro atoms. The first-order valence-electron chi connectivity index (χ1n) is 5.93. The maximum atomic E-state index is 8.93. The van der Waals surface area contributed by atoms with Crippen molar-refractivity contribution in [2.45, 2.75) is 20.3 Å². The summed E-state index contributed by atoms with van der Waals surface area (Å²) in [5.41, 5.74) is 1.34. The molecule has 0 aliphatic rings. The van der Waals surface area contributed by atoms with Crippen LogP contribution in [0.4, 0.5) is 0 Å². The van der Waals surface area contributed by atoms with E-state index in [-0.39, 0.29) is 6.61 Å². The van der Waals surface area contributed by atoms with Gasteiger partial charge in [-0.3, -0.25) is 0 Å². The number of benzene rings is 1. The summed E-state index contributed by atoms with van der Waals surface area (Å²) in [6.45, 7) is 4.77. The van der Waals surface area contributed by atoms with Crippen LogP contribution in [0, 0.1) is 5.92 Å². The minimum Gasteiger partial charge on any atom is -0.492 e. The first-order chi connectivity index (χ1) is 8.61. The van der Waals surface area contributed by atoms with Crippen LogP contribution in [-0.2, 0) is 6.42 Å². The number of rotatable bonds is 5. The molecule has 98 valence electrons. The number of aromatic nitrogens is 1. The van der Waals surface area contributed by atoms with Gasteiger partial charge in [0.2, 0.25) is 0 Å². The molecule has 1 aromatic heterocycles. The largest absolute Gasteiger partial charge is 0.492 e. The van der Waals surface area contributed by atoms with Crippen LogP contribution >= 0.6 is 11.6 Å². The van der Waals surface area contributed by atoms with Crippen molar-refractivity contribution in [1.29, 1.82) is 0 Å². The van der Waals surface area contributed by atoms with Crippen LogP contribution in [0.3, 0.4) is 0 Å². The highest BCUT2D eigenvalue weighted by atomic mass is 35.5. The minimum atomic E-state index is 0.0326. The van der Waals surface area contributed by atoms with Crippen molar-refractivity contribution in [2.24, 2.45) is 5.92 Å². The maximum Gasteiger partial charge on any atom is 0.170 e. The average molecular weight is 270 g/mol. The SMILES string of the molecule is CC(C)COc1cc2onc(CCO)c2cc1Cl. The molecule has 5 heteroatoms. The second-order valence-electron chi connectivity index (χ2n) is 4.59. The van der Waals surface area contributed by atoms with Crippen LogP contribution in [0.25, 0.3) is 11.0 Å². The molecule has 2 aromatic rings. The molecule has 0 saturated carbocycles. The molecule has 0 aliphatic heterocycles. The van der Waals surface area contributed by atoms with Crippen molar-refractivity contribution in [3.63, 3.8) is 0 Å². The molecule has 2 rings (SSSR count). The molecule has 1 N–H and O–H groups in total. The number of aliphatic hydroxyl groups is 1. The van der Waals surface area contributed by atoms with Gasteiger partial charge in [0.05, 0.1) is 17.3 Å². The Bertz CT molecular complexity index is 536. The van der Waals surface area contributed by atoms with Crippen molar-refractivity contribution >= 4 is 22.6 Å². The molecule has 0 amide bonds. The molecule has 1 heterocycles. The Morgan fingerprint density at radius 1 is 1.44 bits per heavy atom. The van der Waals surface area contributed by atoms with Crippen LogP contribution in [0.5, 0.6) is 5.75 Å². The number of aliphatic hydroxyl groups excluding tert-OH is 1. The standard InChI is InChI=1S/C13H16ClNO3/c1-8(2)7-17-13-6-12-9(5-10(13)14)11(3-4-16)15-18-12/h5-6,8,16H,3-4,7H2,1-2H3. The molecule has 0 fully saturated rings. The van der Waals surface area contributed by atoms with Crippen molar-refractivity contribution in [2.75, 3.05) is 13.2 Å². The predicted molar refractivity (Wildman–Crippen MR) is 70.1 cm³/mol. The van der Waals surface area contributed by atoms with E-state index >= 15 is 0 Å². The zero-order valence-corrected chi connectivity index (χ0v) is 11.2. The first-order valence-corrected chi connectivity index (χ1v) is 6.31. The Kier molecular flexibility index (Phi) is 4.09. The molecule has 0 bridgehead atoms. The summed E-state index contributed by atoms with van der Waals surface area (Å²) in [5, 5.41) is 14.2. The van der Waals surface area contributed by atoms with Crippen LogP contribution in [0.2, 0.25) is 5.02 Å². The van der Waals surface area contributed by atoms with Gasteiger partial charge < -0.3 is 14.4 Å². The number of fused-ring (bicyclic) bond motifs is 1. The van der Waals surface area contributed by atoms with Gasteiger partial charge in [0.15, 0.2) is 5.58 Å². The van der Waals surface area contributed by atoms with E-state index in [0.717, 1.165) is 5.39 Å². The highest BCUT2D eigenvalue weighted by Gasteiger charge is 2.12. The highest BCUT2D eigenvalue weighted by molar-refractivity contribution is 6.32. The molecule has 4 nitrogen and oxygen atoms in total. The van der Waals surface area contributed by atoms with Crippen LogP contribution in [-0.4, -0.2) is 23.5 Å². The summed E-state index contributed by atoms with van der Waals surface area (Å²) >= 11 is 6.16. The Hall–Kier alpha value is -1.26. The highest BCUT2D eigenvalue weighted by Crippen LogP contribution is 2.32. The number of nitrogens with zero attached hydrogens (tertiary/aromatic N) is 1. The average Bonchev–Trinajstić information content (AvgIpc) is 2.69. The smallest absolute Gasteiger partial charge is 0.170 e. The monoisotopic (exact) mass is 269 g/mol. The van der Waals surface area contributed by atoms with E-state index in [1.54, 1.807) is 12.1 Å². The predicted octanol–water partition coefficient (Wildman–Crippen LogP) is 3.05. The maximum absolute atomic E-state index is 8.93. The molecule has 0 atom stereocenters. The van der Waals surface area contributed by atoms with Crippen molar-refractivity contribution in [3.8, 4) is 5.75 Å². The summed E-state index contributed by atoms with van der Waals surface area (Å²) in [6.07, 6.45) is 0.454. The van der Waals surface area contributed by atoms with E-state index < -0.39 is 0 Å². The van der Waals surface area contributed by atoms with E-state index in [1.165, 1.54) is 0 Å². The summed E-state index contributed by atoms with van der Waals surface area (Å²) in [7, 11) is 0. The quantitative estimate of drug-likeness (QED) is 0.906. The van der Waals surface area contributed by atoms with E-state index in [0.29, 0.717) is 41.0 Å². The second-order valence-corrected chi connectivity index (χ2v) is 4.99. The Morgan fingerprint density at radius 3 is 2.89 bits per heavy atom. The molecule has 18 heavy (non-hydrogen) atoms. The Labute approximate surface area is 110 Å². The molecular weight excluding hydrogens is 254 g/mol. The summed E-state index contributed by atoms with van der Waals surface area (Å²) in [5.74, 6) is 1.03. The molecule has 0 saturated heterocycles. The lowest BCUT2D eigenvalue weighted by molar-refractivity contribution is 0.271. The van der Waals surface area contributed by atoms with Gasteiger partial charge in [-0.05, 0) is 12.0 Å². The normalized spacial score (nSPS) is 11.4. The van der Waals surface area contributed by atoms with Crippen molar-refractivity contribution in [3.05, 3.63) is 22.8 Å². The first kappa shape index (κ1) is 13.2. The van der Waals surface area contributed by atoms with Gasteiger partial charge in [-0.2, -0.15) is 0 Å². The van der Waals surface area contributed by atoms with Gasteiger partial charge in [-0.25, -0.2) is 0 Å². The fourth-order valence-corrected chi connectivity index (χ4v) is 1.86. The van der Waals surface area contributed by atoms with E-state index in [4.69, 9.17) is 26.0 Å².